The molecule has 1 aromatic heterocycles. The summed E-state index contributed by atoms with van der Waals surface area (Å²) in [5.74, 6) is 0. The Morgan fingerprint density at radius 2 is 1.56 bits per heavy atom. The number of rotatable bonds is 3. The third kappa shape index (κ3) is 3.44. The van der Waals surface area contributed by atoms with E-state index >= 15 is 0 Å². The number of pyridine rings is 1. The topological polar surface area (TPSA) is 50.9 Å². The van der Waals surface area contributed by atoms with Crippen molar-refractivity contribution in [2.45, 2.75) is 12.7 Å². The third-order valence-electron chi connectivity index (χ3n) is 4.42. The zero-order valence-electron chi connectivity index (χ0n) is 14.2. The molecule has 0 aliphatic carbocycles. The van der Waals surface area contributed by atoms with E-state index in [-0.39, 0.29) is 5.69 Å². The van der Waals surface area contributed by atoms with Crippen LogP contribution in [0.1, 0.15) is 11.1 Å². The highest BCUT2D eigenvalue weighted by Crippen LogP contribution is 2.36. The molecular formula is C21H16F3N3. The van der Waals surface area contributed by atoms with Crippen molar-refractivity contribution in [2.75, 3.05) is 5.32 Å². The fraction of sp³-hybridized carbons (Fsp3) is 0.0952. The minimum Gasteiger partial charge on any atom is -0.355 e. The highest BCUT2D eigenvalue weighted by Gasteiger charge is 2.33. The van der Waals surface area contributed by atoms with Crippen LogP contribution in [0.25, 0.3) is 21.8 Å². The first-order valence-electron chi connectivity index (χ1n) is 8.41. The lowest BCUT2D eigenvalue weighted by Gasteiger charge is -2.14. The molecule has 0 saturated carbocycles. The van der Waals surface area contributed by atoms with Crippen LogP contribution in [0, 0.1) is 0 Å². The minimum absolute atomic E-state index is 0.00978. The molecular weight excluding hydrogens is 351 g/mol. The average molecular weight is 367 g/mol. The zero-order valence-corrected chi connectivity index (χ0v) is 14.2. The van der Waals surface area contributed by atoms with Gasteiger partial charge in [-0.25, -0.2) is 4.98 Å². The van der Waals surface area contributed by atoms with Crippen molar-refractivity contribution in [3.63, 3.8) is 0 Å². The van der Waals surface area contributed by atoms with E-state index in [9.17, 15) is 13.2 Å². The Morgan fingerprint density at radius 3 is 2.30 bits per heavy atom. The van der Waals surface area contributed by atoms with E-state index in [0.29, 0.717) is 17.7 Å². The number of hydrogen-bond donors (Lipinski definition) is 2. The molecule has 27 heavy (non-hydrogen) atoms. The van der Waals surface area contributed by atoms with Crippen molar-refractivity contribution < 1.29 is 13.2 Å². The van der Waals surface area contributed by atoms with Gasteiger partial charge in [-0.1, -0.05) is 30.3 Å². The van der Waals surface area contributed by atoms with E-state index < -0.39 is 11.7 Å². The van der Waals surface area contributed by atoms with E-state index in [1.165, 1.54) is 12.1 Å². The summed E-state index contributed by atoms with van der Waals surface area (Å²) in [6.45, 7) is 0.422. The van der Waals surface area contributed by atoms with E-state index in [1.54, 1.807) is 18.2 Å². The molecule has 0 bridgehead atoms. The van der Waals surface area contributed by atoms with Crippen LogP contribution in [-0.4, -0.2) is 4.98 Å². The molecule has 0 saturated heterocycles. The van der Waals surface area contributed by atoms with Crippen molar-refractivity contribution in [3.05, 3.63) is 77.9 Å². The number of hydrogen-bond acceptors (Lipinski definition) is 3. The third-order valence-corrected chi connectivity index (χ3v) is 4.42. The highest BCUT2D eigenvalue weighted by molar-refractivity contribution is 5.94. The summed E-state index contributed by atoms with van der Waals surface area (Å²) in [6.07, 6.45) is -4.42. The molecule has 0 amide bonds. The van der Waals surface area contributed by atoms with Gasteiger partial charge in [0.25, 0.3) is 0 Å². The summed E-state index contributed by atoms with van der Waals surface area (Å²) in [7, 11) is 0. The number of anilines is 2. The number of benzene rings is 3. The number of para-hydroxylation sites is 1. The summed E-state index contributed by atoms with van der Waals surface area (Å²) in [6, 6.07) is 18.6. The Morgan fingerprint density at radius 1 is 0.852 bits per heavy atom. The van der Waals surface area contributed by atoms with Gasteiger partial charge in [-0.3, -0.25) is 0 Å². The summed E-state index contributed by atoms with van der Waals surface area (Å²) in [4.78, 5) is 4.64. The first-order chi connectivity index (χ1) is 12.9. The maximum absolute atomic E-state index is 13.2. The van der Waals surface area contributed by atoms with E-state index in [4.69, 9.17) is 5.73 Å². The predicted molar refractivity (Wildman–Crippen MR) is 102 cm³/mol. The van der Waals surface area contributed by atoms with Crippen molar-refractivity contribution in [1.82, 2.24) is 4.98 Å². The summed E-state index contributed by atoms with van der Waals surface area (Å²) < 4.78 is 39.6. The Hall–Kier alpha value is -3.12. The van der Waals surface area contributed by atoms with Gasteiger partial charge < -0.3 is 11.1 Å². The minimum atomic E-state index is -4.42. The molecule has 136 valence electrons. The van der Waals surface area contributed by atoms with Gasteiger partial charge in [-0.15, -0.1) is 0 Å². The van der Waals surface area contributed by atoms with Gasteiger partial charge in [0.15, 0.2) is 0 Å². The molecule has 4 aromatic rings. The van der Waals surface area contributed by atoms with E-state index in [2.05, 4.69) is 10.3 Å². The largest absolute Gasteiger partial charge is 0.418 e. The number of nitrogens with zero attached hydrogens (tertiary/aromatic N) is 1. The first kappa shape index (κ1) is 17.3. The van der Waals surface area contributed by atoms with Gasteiger partial charge in [-0.05, 0) is 42.0 Å². The van der Waals surface area contributed by atoms with Crippen LogP contribution in [0.4, 0.5) is 24.5 Å². The number of aromatic nitrogens is 1. The standard InChI is InChI=1S/C21H16F3N3/c22-21(23,24)17-3-1-2-4-18(17)26-16-8-7-15-10-14-6-5-13(12-25)9-19(14)27-20(15)11-16/h1-11,26H,12,25H2. The number of nitrogens with one attached hydrogen (secondary N) is 1. The first-order valence-corrected chi connectivity index (χ1v) is 8.41. The van der Waals surface area contributed by atoms with Crippen LogP contribution >= 0.6 is 0 Å². The van der Waals surface area contributed by atoms with E-state index in [0.717, 1.165) is 27.9 Å². The van der Waals surface area contributed by atoms with E-state index in [1.807, 2.05) is 30.3 Å². The number of alkyl halides is 3. The molecule has 1 heterocycles. The second kappa shape index (κ2) is 6.55. The Balaban J connectivity index is 1.76. The predicted octanol–water partition coefficient (Wildman–Crippen LogP) is 5.61. The van der Waals surface area contributed by atoms with Crippen LogP contribution in [0.3, 0.4) is 0 Å². The fourth-order valence-electron chi connectivity index (χ4n) is 3.07. The lowest BCUT2D eigenvalue weighted by molar-refractivity contribution is -0.136. The molecule has 0 aliphatic heterocycles. The van der Waals surface area contributed by atoms with Crippen LogP contribution < -0.4 is 11.1 Å². The molecule has 6 heteroatoms. The van der Waals surface area contributed by atoms with Gasteiger partial charge in [-0.2, -0.15) is 13.2 Å². The van der Waals surface area contributed by atoms with Crippen LogP contribution in [-0.2, 0) is 12.7 Å². The van der Waals surface area contributed by atoms with Gasteiger partial charge >= 0.3 is 6.18 Å². The molecule has 3 aromatic carbocycles. The Labute approximate surface area is 153 Å². The van der Waals surface area contributed by atoms with Crippen LogP contribution in [0.15, 0.2) is 66.7 Å². The van der Waals surface area contributed by atoms with Crippen molar-refractivity contribution >= 4 is 33.2 Å². The van der Waals surface area contributed by atoms with Crippen LogP contribution in [0.5, 0.6) is 0 Å². The lowest BCUT2D eigenvalue weighted by Crippen LogP contribution is -2.08. The molecule has 0 unspecified atom stereocenters. The number of fused-ring (bicyclic) bond motifs is 2. The van der Waals surface area contributed by atoms with Gasteiger partial charge in [0.2, 0.25) is 0 Å². The quantitative estimate of drug-likeness (QED) is 0.463. The molecule has 0 radical (unpaired) electrons. The molecule has 0 aliphatic rings. The van der Waals surface area contributed by atoms with Crippen molar-refractivity contribution in [1.29, 1.82) is 0 Å². The monoisotopic (exact) mass is 367 g/mol. The molecule has 3 nitrogen and oxygen atoms in total. The SMILES string of the molecule is NCc1ccc2cc3ccc(Nc4ccccc4C(F)(F)F)cc3nc2c1. The number of halogens is 3. The maximum Gasteiger partial charge on any atom is 0.418 e. The molecule has 4 rings (SSSR count). The number of nitrogens with two attached hydrogens (primary N) is 1. The normalized spacial score (nSPS) is 11.9. The van der Waals surface area contributed by atoms with Crippen molar-refractivity contribution in [3.8, 4) is 0 Å². The van der Waals surface area contributed by atoms with Crippen LogP contribution in [0.2, 0.25) is 0 Å². The zero-order chi connectivity index (χ0) is 19.0. The molecule has 3 N–H and O–H groups in total. The molecule has 0 fully saturated rings. The summed E-state index contributed by atoms with van der Waals surface area (Å²) in [5.41, 5.74) is 8.01. The average Bonchev–Trinajstić information content (AvgIpc) is 2.65. The maximum atomic E-state index is 13.2. The van der Waals surface area contributed by atoms with Gasteiger partial charge in [0.05, 0.1) is 22.3 Å². The summed E-state index contributed by atoms with van der Waals surface area (Å²) in [5, 5.41) is 4.77. The molecule has 0 spiro atoms. The van der Waals surface area contributed by atoms with Crippen molar-refractivity contribution in [2.24, 2.45) is 5.73 Å². The Bertz CT molecular complexity index is 1140. The second-order valence-electron chi connectivity index (χ2n) is 6.30. The second-order valence-corrected chi connectivity index (χ2v) is 6.30. The lowest BCUT2D eigenvalue weighted by atomic mass is 10.1. The van der Waals surface area contributed by atoms with Gasteiger partial charge in [0.1, 0.15) is 0 Å². The molecule has 0 atom stereocenters. The smallest absolute Gasteiger partial charge is 0.355 e. The Kier molecular flexibility index (Phi) is 4.20. The highest BCUT2D eigenvalue weighted by atomic mass is 19.4. The fourth-order valence-corrected chi connectivity index (χ4v) is 3.07. The van der Waals surface area contributed by atoms with Gasteiger partial charge in [0, 0.05) is 23.0 Å². The summed E-state index contributed by atoms with van der Waals surface area (Å²) >= 11 is 0.